The van der Waals surface area contributed by atoms with Crippen molar-refractivity contribution in [3.05, 3.63) is 23.7 Å². The van der Waals surface area contributed by atoms with E-state index in [0.29, 0.717) is 5.92 Å². The molecule has 0 spiro atoms. The van der Waals surface area contributed by atoms with Crippen LogP contribution in [0.5, 0.6) is 0 Å². The zero-order valence-electron chi connectivity index (χ0n) is 10.1. The molecule has 0 aliphatic heterocycles. The van der Waals surface area contributed by atoms with Crippen LogP contribution < -0.4 is 0 Å². The molecular formula is C14H22O2. The smallest absolute Gasteiger partial charge is 0.132 e. The summed E-state index contributed by atoms with van der Waals surface area (Å²) in [7, 11) is 0. The lowest BCUT2D eigenvalue weighted by Crippen LogP contribution is -2.10. The first-order valence-corrected chi connectivity index (χ1v) is 6.56. The van der Waals surface area contributed by atoms with Crippen LogP contribution in [0, 0.1) is 5.92 Å². The molecule has 1 aromatic heterocycles. The molecule has 16 heavy (non-hydrogen) atoms. The maximum absolute atomic E-state index is 10.1. The van der Waals surface area contributed by atoms with Gasteiger partial charge in [-0.05, 0) is 24.5 Å². The summed E-state index contributed by atoms with van der Waals surface area (Å²) in [6.07, 6.45) is 7.95. The molecule has 1 heterocycles. The summed E-state index contributed by atoms with van der Waals surface area (Å²) in [6, 6.07) is 3.89. The van der Waals surface area contributed by atoms with Crippen LogP contribution in [0.25, 0.3) is 0 Å². The number of aryl methyl sites for hydroxylation is 1. The lowest BCUT2D eigenvalue weighted by molar-refractivity contribution is 0.108. The van der Waals surface area contributed by atoms with Crippen LogP contribution in [0.15, 0.2) is 16.5 Å². The SMILES string of the molecule is CCc1ccc(C(O)CC2CCCCC2)o1. The number of hydrogen-bond donors (Lipinski definition) is 1. The van der Waals surface area contributed by atoms with Crippen molar-refractivity contribution in [3.8, 4) is 0 Å². The Hall–Kier alpha value is -0.760. The van der Waals surface area contributed by atoms with E-state index in [0.717, 1.165) is 24.4 Å². The molecule has 1 N–H and O–H groups in total. The third kappa shape index (κ3) is 2.88. The highest BCUT2D eigenvalue weighted by molar-refractivity contribution is 5.09. The van der Waals surface area contributed by atoms with Gasteiger partial charge in [0, 0.05) is 6.42 Å². The number of furan rings is 1. The minimum atomic E-state index is -0.400. The van der Waals surface area contributed by atoms with Gasteiger partial charge in [0.15, 0.2) is 0 Å². The van der Waals surface area contributed by atoms with Gasteiger partial charge >= 0.3 is 0 Å². The molecule has 1 unspecified atom stereocenters. The maximum Gasteiger partial charge on any atom is 0.132 e. The van der Waals surface area contributed by atoms with E-state index in [4.69, 9.17) is 4.42 Å². The average Bonchev–Trinajstić information content (AvgIpc) is 2.79. The van der Waals surface area contributed by atoms with Gasteiger partial charge in [0.05, 0.1) is 0 Å². The first-order valence-electron chi connectivity index (χ1n) is 6.56. The summed E-state index contributed by atoms with van der Waals surface area (Å²) in [6.45, 7) is 2.07. The van der Waals surface area contributed by atoms with E-state index in [1.54, 1.807) is 0 Å². The summed E-state index contributed by atoms with van der Waals surface area (Å²) in [5.41, 5.74) is 0. The molecule has 1 aliphatic rings. The monoisotopic (exact) mass is 222 g/mol. The molecule has 0 aromatic carbocycles. The van der Waals surface area contributed by atoms with Gasteiger partial charge < -0.3 is 9.52 Å². The molecule has 1 saturated carbocycles. The van der Waals surface area contributed by atoms with Crippen LogP contribution in [0.3, 0.4) is 0 Å². The predicted molar refractivity (Wildman–Crippen MR) is 64.2 cm³/mol. The lowest BCUT2D eigenvalue weighted by atomic mass is 9.85. The third-order valence-corrected chi connectivity index (χ3v) is 3.64. The molecule has 90 valence electrons. The zero-order chi connectivity index (χ0) is 11.4. The van der Waals surface area contributed by atoms with Crippen LogP contribution in [-0.4, -0.2) is 5.11 Å². The normalized spacial score (nSPS) is 19.9. The second kappa shape index (κ2) is 5.53. The van der Waals surface area contributed by atoms with E-state index in [1.807, 2.05) is 12.1 Å². The Labute approximate surface area is 97.7 Å². The Morgan fingerprint density at radius 2 is 2.06 bits per heavy atom. The maximum atomic E-state index is 10.1. The van der Waals surface area contributed by atoms with Crippen molar-refractivity contribution in [2.75, 3.05) is 0 Å². The van der Waals surface area contributed by atoms with Crippen molar-refractivity contribution in [2.24, 2.45) is 5.92 Å². The molecular weight excluding hydrogens is 200 g/mol. The highest BCUT2D eigenvalue weighted by Gasteiger charge is 2.20. The molecule has 1 aliphatic carbocycles. The summed E-state index contributed by atoms with van der Waals surface area (Å²) in [4.78, 5) is 0. The fourth-order valence-electron chi connectivity index (χ4n) is 2.62. The van der Waals surface area contributed by atoms with Gasteiger partial charge in [-0.1, -0.05) is 39.0 Å². The second-order valence-corrected chi connectivity index (χ2v) is 4.91. The van der Waals surface area contributed by atoms with E-state index in [9.17, 15) is 5.11 Å². The largest absolute Gasteiger partial charge is 0.463 e. The summed E-state index contributed by atoms with van der Waals surface area (Å²) >= 11 is 0. The van der Waals surface area contributed by atoms with Crippen LogP contribution in [0.2, 0.25) is 0 Å². The molecule has 0 amide bonds. The van der Waals surface area contributed by atoms with Crippen molar-refractivity contribution in [2.45, 2.75) is 58.0 Å². The molecule has 1 fully saturated rings. The van der Waals surface area contributed by atoms with Crippen molar-refractivity contribution in [1.82, 2.24) is 0 Å². The number of rotatable bonds is 4. The molecule has 2 heteroatoms. The Balaban J connectivity index is 1.88. The standard InChI is InChI=1S/C14H22O2/c1-2-12-8-9-14(16-12)13(15)10-11-6-4-3-5-7-11/h8-9,11,13,15H,2-7,10H2,1H3. The molecule has 0 radical (unpaired) electrons. The van der Waals surface area contributed by atoms with Crippen LogP contribution >= 0.6 is 0 Å². The Morgan fingerprint density at radius 3 is 2.69 bits per heavy atom. The van der Waals surface area contributed by atoms with Crippen LogP contribution in [-0.2, 0) is 6.42 Å². The van der Waals surface area contributed by atoms with Crippen molar-refractivity contribution >= 4 is 0 Å². The highest BCUT2D eigenvalue weighted by atomic mass is 16.4. The highest BCUT2D eigenvalue weighted by Crippen LogP contribution is 2.32. The Kier molecular flexibility index (Phi) is 4.05. The molecule has 0 saturated heterocycles. The van der Waals surface area contributed by atoms with Crippen molar-refractivity contribution in [3.63, 3.8) is 0 Å². The summed E-state index contributed by atoms with van der Waals surface area (Å²) < 4.78 is 5.59. The molecule has 1 atom stereocenters. The van der Waals surface area contributed by atoms with Gasteiger partial charge in [-0.25, -0.2) is 0 Å². The molecule has 1 aromatic rings. The first kappa shape index (κ1) is 11.7. The minimum Gasteiger partial charge on any atom is -0.463 e. The van der Waals surface area contributed by atoms with Gasteiger partial charge in [0.1, 0.15) is 17.6 Å². The first-order chi connectivity index (χ1) is 7.79. The average molecular weight is 222 g/mol. The molecule has 2 rings (SSSR count). The number of aliphatic hydroxyl groups excluding tert-OH is 1. The van der Waals surface area contributed by atoms with Gasteiger partial charge in [0.2, 0.25) is 0 Å². The molecule has 0 bridgehead atoms. The number of aliphatic hydroxyl groups is 1. The van der Waals surface area contributed by atoms with Crippen LogP contribution in [0.1, 0.15) is 63.1 Å². The Morgan fingerprint density at radius 1 is 1.31 bits per heavy atom. The summed E-state index contributed by atoms with van der Waals surface area (Å²) in [5.74, 6) is 2.42. The number of hydrogen-bond acceptors (Lipinski definition) is 2. The van der Waals surface area contributed by atoms with E-state index in [2.05, 4.69) is 6.92 Å². The fraction of sp³-hybridized carbons (Fsp3) is 0.714. The Bertz CT molecular complexity index is 310. The topological polar surface area (TPSA) is 33.4 Å². The van der Waals surface area contributed by atoms with Gasteiger partial charge in [-0.15, -0.1) is 0 Å². The van der Waals surface area contributed by atoms with Crippen molar-refractivity contribution < 1.29 is 9.52 Å². The van der Waals surface area contributed by atoms with Crippen molar-refractivity contribution in [1.29, 1.82) is 0 Å². The minimum absolute atomic E-state index is 0.400. The summed E-state index contributed by atoms with van der Waals surface area (Å²) in [5, 5.41) is 10.1. The predicted octanol–water partition coefficient (Wildman–Crippen LogP) is 3.85. The third-order valence-electron chi connectivity index (χ3n) is 3.64. The quantitative estimate of drug-likeness (QED) is 0.839. The zero-order valence-corrected chi connectivity index (χ0v) is 10.1. The fourth-order valence-corrected chi connectivity index (χ4v) is 2.62. The van der Waals surface area contributed by atoms with Gasteiger partial charge in [-0.2, -0.15) is 0 Å². The molecule has 2 nitrogen and oxygen atoms in total. The lowest BCUT2D eigenvalue weighted by Gasteiger charge is -2.23. The van der Waals surface area contributed by atoms with E-state index in [-0.39, 0.29) is 0 Å². The van der Waals surface area contributed by atoms with Gasteiger partial charge in [0.25, 0.3) is 0 Å². The van der Waals surface area contributed by atoms with E-state index in [1.165, 1.54) is 32.1 Å². The second-order valence-electron chi connectivity index (χ2n) is 4.91. The van der Waals surface area contributed by atoms with Crippen LogP contribution in [0.4, 0.5) is 0 Å². The van der Waals surface area contributed by atoms with E-state index < -0.39 is 6.10 Å². The van der Waals surface area contributed by atoms with Gasteiger partial charge in [-0.3, -0.25) is 0 Å². The van der Waals surface area contributed by atoms with E-state index >= 15 is 0 Å².